The summed E-state index contributed by atoms with van der Waals surface area (Å²) in [7, 11) is 1.84. The van der Waals surface area contributed by atoms with Gasteiger partial charge in [0.1, 0.15) is 12.4 Å². The van der Waals surface area contributed by atoms with E-state index >= 15 is 0 Å². The molecule has 7 nitrogen and oxygen atoms in total. The van der Waals surface area contributed by atoms with Gasteiger partial charge in [0.2, 0.25) is 0 Å². The van der Waals surface area contributed by atoms with Crippen LogP contribution in [-0.4, -0.2) is 29.5 Å². The minimum atomic E-state index is 0.444. The number of para-hydroxylation sites is 1. The molecule has 0 amide bonds. The third-order valence-corrected chi connectivity index (χ3v) is 3.51. The molecule has 0 spiro atoms. The van der Waals surface area contributed by atoms with Gasteiger partial charge in [-0.15, -0.1) is 0 Å². The maximum Gasteiger partial charge on any atom is 0.163 e. The van der Waals surface area contributed by atoms with E-state index in [4.69, 9.17) is 5.73 Å². The van der Waals surface area contributed by atoms with E-state index in [0.29, 0.717) is 18.2 Å². The number of rotatable bonds is 2. The molecule has 0 saturated carbocycles. The molecule has 0 aliphatic carbocycles. The molecular weight excluding hydrogens is 266 g/mol. The van der Waals surface area contributed by atoms with Gasteiger partial charge in [0.25, 0.3) is 0 Å². The van der Waals surface area contributed by atoms with E-state index in [1.165, 1.54) is 0 Å². The molecule has 0 bridgehead atoms. The van der Waals surface area contributed by atoms with Gasteiger partial charge in [-0.05, 0) is 6.07 Å². The van der Waals surface area contributed by atoms with Crippen molar-refractivity contribution in [1.29, 1.82) is 0 Å². The van der Waals surface area contributed by atoms with Crippen molar-refractivity contribution in [2.75, 3.05) is 5.73 Å². The minimum absolute atomic E-state index is 0.444. The molecular formula is C14H13N7. The molecule has 0 aliphatic heterocycles. The Morgan fingerprint density at radius 2 is 1.95 bits per heavy atom. The highest BCUT2D eigenvalue weighted by Crippen LogP contribution is 2.18. The summed E-state index contributed by atoms with van der Waals surface area (Å²) in [4.78, 5) is 8.87. The van der Waals surface area contributed by atoms with Crippen molar-refractivity contribution >= 4 is 27.8 Å². The van der Waals surface area contributed by atoms with Crippen LogP contribution in [0.2, 0.25) is 0 Å². The number of hydrogen-bond donors (Lipinski definition) is 1. The maximum absolute atomic E-state index is 5.98. The number of benzene rings is 1. The van der Waals surface area contributed by atoms with Gasteiger partial charge in [-0.3, -0.25) is 9.36 Å². The van der Waals surface area contributed by atoms with Crippen LogP contribution in [0.4, 0.5) is 5.82 Å². The summed E-state index contributed by atoms with van der Waals surface area (Å²) < 4.78 is 3.56. The second-order valence-electron chi connectivity index (χ2n) is 4.89. The zero-order valence-electron chi connectivity index (χ0n) is 11.4. The highest BCUT2D eigenvalue weighted by atomic mass is 15.3. The second kappa shape index (κ2) is 4.27. The Hall–Kier alpha value is -2.96. The van der Waals surface area contributed by atoms with Crippen LogP contribution in [0.3, 0.4) is 0 Å². The molecule has 21 heavy (non-hydrogen) atoms. The Morgan fingerprint density at radius 3 is 2.86 bits per heavy atom. The first-order valence-corrected chi connectivity index (χ1v) is 6.57. The fourth-order valence-corrected chi connectivity index (χ4v) is 2.45. The lowest BCUT2D eigenvalue weighted by Crippen LogP contribution is -2.08. The normalized spacial score (nSPS) is 11.5. The van der Waals surface area contributed by atoms with Gasteiger partial charge >= 0.3 is 0 Å². The first kappa shape index (κ1) is 11.8. The van der Waals surface area contributed by atoms with Crippen LogP contribution in [-0.2, 0) is 13.6 Å². The Balaban J connectivity index is 1.82. The number of nitrogens with two attached hydrogens (primary N) is 1. The highest BCUT2D eigenvalue weighted by Gasteiger charge is 2.11. The van der Waals surface area contributed by atoms with Crippen molar-refractivity contribution in [3.05, 3.63) is 42.5 Å². The maximum atomic E-state index is 5.98. The van der Waals surface area contributed by atoms with Gasteiger partial charge in [0.15, 0.2) is 11.5 Å². The molecule has 0 radical (unpaired) electrons. The topological polar surface area (TPSA) is 87.4 Å². The van der Waals surface area contributed by atoms with Crippen LogP contribution in [0.25, 0.3) is 21.9 Å². The molecule has 0 saturated heterocycles. The zero-order chi connectivity index (χ0) is 14.4. The van der Waals surface area contributed by atoms with Gasteiger partial charge in [0, 0.05) is 12.4 Å². The van der Waals surface area contributed by atoms with Gasteiger partial charge in [-0.2, -0.15) is 10.2 Å². The van der Waals surface area contributed by atoms with Crippen molar-refractivity contribution in [2.24, 2.45) is 7.05 Å². The van der Waals surface area contributed by atoms with E-state index in [9.17, 15) is 0 Å². The molecule has 3 aromatic heterocycles. The lowest BCUT2D eigenvalue weighted by molar-refractivity contribution is 0.677. The second-order valence-corrected chi connectivity index (χ2v) is 4.89. The molecule has 2 N–H and O–H groups in total. The average molecular weight is 279 g/mol. The quantitative estimate of drug-likeness (QED) is 0.598. The third kappa shape index (κ3) is 1.82. The van der Waals surface area contributed by atoms with E-state index in [-0.39, 0.29) is 0 Å². The Morgan fingerprint density at radius 1 is 1.10 bits per heavy atom. The molecule has 0 atom stereocenters. The van der Waals surface area contributed by atoms with Gasteiger partial charge in [-0.25, -0.2) is 9.97 Å². The van der Waals surface area contributed by atoms with Crippen molar-refractivity contribution in [3.63, 3.8) is 0 Å². The number of fused-ring (bicyclic) bond motifs is 2. The molecule has 0 aliphatic rings. The van der Waals surface area contributed by atoms with Crippen LogP contribution < -0.4 is 5.73 Å². The number of nitrogen functional groups attached to an aromatic ring is 1. The minimum Gasteiger partial charge on any atom is -0.383 e. The molecule has 4 rings (SSSR count). The summed E-state index contributed by atoms with van der Waals surface area (Å²) in [6, 6.07) is 8.03. The van der Waals surface area contributed by atoms with Gasteiger partial charge < -0.3 is 5.73 Å². The standard InChI is InChI=1S/C14H13N7/c1-20-14-10(7-16-20)13(15)18-12(19-14)8-21-11-5-3-2-4-9(11)6-17-21/h2-7H,8H2,1H3,(H2,15,18,19). The van der Waals surface area contributed by atoms with Crippen LogP contribution in [0.1, 0.15) is 5.82 Å². The SMILES string of the molecule is Cn1ncc2c(N)nc(Cn3ncc4ccccc43)nc21. The summed E-state index contributed by atoms with van der Waals surface area (Å²) >= 11 is 0. The molecule has 3 heterocycles. The Labute approximate surface area is 120 Å². The van der Waals surface area contributed by atoms with Gasteiger partial charge in [-0.1, -0.05) is 18.2 Å². The molecule has 7 heteroatoms. The predicted octanol–water partition coefficient (Wildman–Crippen LogP) is 1.34. The fourth-order valence-electron chi connectivity index (χ4n) is 2.45. The third-order valence-electron chi connectivity index (χ3n) is 3.51. The summed E-state index contributed by atoms with van der Waals surface area (Å²) in [6.07, 6.45) is 3.51. The molecule has 0 fully saturated rings. The monoisotopic (exact) mass is 279 g/mol. The summed E-state index contributed by atoms with van der Waals surface area (Å²) in [5.74, 6) is 1.07. The first-order chi connectivity index (χ1) is 10.2. The Bertz CT molecular complexity index is 950. The number of nitrogens with zero attached hydrogens (tertiary/aromatic N) is 6. The number of aromatic nitrogens is 6. The van der Waals surface area contributed by atoms with Crippen molar-refractivity contribution in [2.45, 2.75) is 6.54 Å². The molecule has 1 aromatic carbocycles. The summed E-state index contributed by atoms with van der Waals surface area (Å²) in [5.41, 5.74) is 7.75. The van der Waals surface area contributed by atoms with Crippen LogP contribution in [0.5, 0.6) is 0 Å². The predicted molar refractivity (Wildman–Crippen MR) is 79.6 cm³/mol. The lowest BCUT2D eigenvalue weighted by atomic mass is 10.2. The number of aryl methyl sites for hydroxylation is 1. The smallest absolute Gasteiger partial charge is 0.163 e. The van der Waals surface area contributed by atoms with E-state index in [0.717, 1.165) is 21.9 Å². The van der Waals surface area contributed by atoms with E-state index in [1.54, 1.807) is 10.9 Å². The van der Waals surface area contributed by atoms with Crippen LogP contribution >= 0.6 is 0 Å². The van der Waals surface area contributed by atoms with E-state index in [2.05, 4.69) is 20.2 Å². The highest BCUT2D eigenvalue weighted by molar-refractivity contribution is 5.85. The number of anilines is 1. The average Bonchev–Trinajstić information content (AvgIpc) is 3.05. The molecule has 104 valence electrons. The van der Waals surface area contributed by atoms with Crippen molar-refractivity contribution in [1.82, 2.24) is 29.5 Å². The van der Waals surface area contributed by atoms with Crippen LogP contribution in [0.15, 0.2) is 36.7 Å². The van der Waals surface area contributed by atoms with E-state index in [1.807, 2.05) is 42.2 Å². The van der Waals surface area contributed by atoms with Crippen molar-refractivity contribution < 1.29 is 0 Å². The van der Waals surface area contributed by atoms with E-state index < -0.39 is 0 Å². The lowest BCUT2D eigenvalue weighted by Gasteiger charge is -2.05. The fraction of sp³-hybridized carbons (Fsp3) is 0.143. The number of hydrogen-bond acceptors (Lipinski definition) is 5. The Kier molecular flexibility index (Phi) is 2.41. The molecule has 0 unspecified atom stereocenters. The van der Waals surface area contributed by atoms with Gasteiger partial charge in [0.05, 0.1) is 23.3 Å². The summed E-state index contributed by atoms with van der Waals surface area (Å²) in [6.45, 7) is 0.471. The summed E-state index contributed by atoms with van der Waals surface area (Å²) in [5, 5.41) is 10.4. The zero-order valence-corrected chi connectivity index (χ0v) is 11.4. The largest absolute Gasteiger partial charge is 0.383 e. The first-order valence-electron chi connectivity index (χ1n) is 6.57. The van der Waals surface area contributed by atoms with Crippen molar-refractivity contribution in [3.8, 4) is 0 Å². The van der Waals surface area contributed by atoms with Crippen LogP contribution in [0, 0.1) is 0 Å². The molecule has 4 aromatic rings.